The molecule has 0 unspecified atom stereocenters. The smallest absolute Gasteiger partial charge is 0.307 e. The Morgan fingerprint density at radius 2 is 2.10 bits per heavy atom. The van der Waals surface area contributed by atoms with E-state index < -0.39 is 0 Å². The number of carbonyl (C=O) groups excluding carboxylic acids is 2. The van der Waals surface area contributed by atoms with Crippen LogP contribution in [-0.4, -0.2) is 46.2 Å². The van der Waals surface area contributed by atoms with Crippen molar-refractivity contribution in [1.29, 1.82) is 0 Å². The molecule has 0 amide bonds. The van der Waals surface area contributed by atoms with Gasteiger partial charge in [-0.1, -0.05) is 6.07 Å². The maximum absolute atomic E-state index is 11.3. The first-order valence-electron chi connectivity index (χ1n) is 8.81. The predicted molar refractivity (Wildman–Crippen MR) is 103 cm³/mol. The summed E-state index contributed by atoms with van der Waals surface area (Å²) in [6.45, 7) is 0.582. The highest BCUT2D eigenvalue weighted by Gasteiger charge is 2.13. The topological polar surface area (TPSA) is 105 Å². The molecule has 0 saturated carbocycles. The van der Waals surface area contributed by atoms with Gasteiger partial charge in [0.25, 0.3) is 0 Å². The van der Waals surface area contributed by atoms with E-state index in [1.54, 1.807) is 23.1 Å². The van der Waals surface area contributed by atoms with Gasteiger partial charge in [-0.15, -0.1) is 0 Å². The molecule has 0 aliphatic rings. The van der Waals surface area contributed by atoms with Gasteiger partial charge in [0.2, 0.25) is 5.88 Å². The molecular weight excluding hydrogens is 376 g/mol. The monoisotopic (exact) mass is 396 g/mol. The summed E-state index contributed by atoms with van der Waals surface area (Å²) in [5, 5.41) is 4.46. The van der Waals surface area contributed by atoms with Gasteiger partial charge in [-0.25, -0.2) is 4.98 Å². The summed E-state index contributed by atoms with van der Waals surface area (Å²) in [6.07, 6.45) is 5.80. The van der Waals surface area contributed by atoms with Crippen molar-refractivity contribution >= 4 is 12.3 Å². The van der Waals surface area contributed by atoms with E-state index in [0.29, 0.717) is 41.4 Å². The molecule has 3 heterocycles. The lowest BCUT2D eigenvalue weighted by Gasteiger charge is -2.11. The van der Waals surface area contributed by atoms with Crippen LogP contribution in [0.15, 0.2) is 42.9 Å². The molecule has 3 aromatic rings. The number of esters is 1. The Labute approximate surface area is 167 Å². The fraction of sp³-hybridized carbons (Fsp3) is 0.250. The number of nitrogens with zero attached hydrogens (tertiary/aromatic N) is 4. The van der Waals surface area contributed by atoms with E-state index in [2.05, 4.69) is 19.8 Å². The van der Waals surface area contributed by atoms with Crippen LogP contribution in [0.25, 0.3) is 11.4 Å². The second-order valence-corrected chi connectivity index (χ2v) is 5.97. The first-order chi connectivity index (χ1) is 14.1. The van der Waals surface area contributed by atoms with Gasteiger partial charge in [-0.2, -0.15) is 5.10 Å². The minimum absolute atomic E-state index is 0.174. The molecule has 0 spiro atoms. The molecule has 0 aliphatic heterocycles. The summed E-state index contributed by atoms with van der Waals surface area (Å²) >= 11 is 0. The van der Waals surface area contributed by atoms with Gasteiger partial charge in [0.1, 0.15) is 18.1 Å². The number of aryl methyl sites for hydroxylation is 1. The third-order valence-corrected chi connectivity index (χ3v) is 4.14. The minimum atomic E-state index is -0.298. The van der Waals surface area contributed by atoms with Crippen LogP contribution < -0.4 is 9.47 Å². The van der Waals surface area contributed by atoms with Gasteiger partial charge in [-0.05, 0) is 12.1 Å². The molecule has 3 rings (SSSR count). The van der Waals surface area contributed by atoms with Crippen molar-refractivity contribution in [2.24, 2.45) is 0 Å². The van der Waals surface area contributed by atoms with E-state index in [-0.39, 0.29) is 19.0 Å². The zero-order chi connectivity index (χ0) is 20.6. The summed E-state index contributed by atoms with van der Waals surface area (Å²) in [5.74, 6) is 0.381. The third-order valence-electron chi connectivity index (χ3n) is 4.14. The molecule has 0 atom stereocenters. The molecule has 29 heavy (non-hydrogen) atoms. The van der Waals surface area contributed by atoms with Gasteiger partial charge in [-0.3, -0.25) is 19.3 Å². The largest absolute Gasteiger partial charge is 0.486 e. The van der Waals surface area contributed by atoms with Crippen LogP contribution in [0.3, 0.4) is 0 Å². The third kappa shape index (κ3) is 4.95. The van der Waals surface area contributed by atoms with Gasteiger partial charge in [0, 0.05) is 24.0 Å². The molecule has 9 nitrogen and oxygen atoms in total. The molecule has 150 valence electrons. The molecule has 0 saturated heterocycles. The molecule has 0 aromatic carbocycles. The van der Waals surface area contributed by atoms with Crippen molar-refractivity contribution in [2.75, 3.05) is 14.2 Å². The maximum Gasteiger partial charge on any atom is 0.307 e. The lowest BCUT2D eigenvalue weighted by molar-refractivity contribution is -0.140. The summed E-state index contributed by atoms with van der Waals surface area (Å²) in [5.41, 5.74) is 2.43. The summed E-state index contributed by atoms with van der Waals surface area (Å²) in [6, 6.07) is 6.99. The standard InChI is InChI=1S/C20H20N4O5/c1-27-18-10-15(12-25)17(11-22-18)29-13-14-4-3-7-21-20(14)16-5-8-24(23-16)9-6-19(26)28-2/h3-5,7-8,10-12H,6,9,13H2,1-2H3. The first-order valence-corrected chi connectivity index (χ1v) is 8.81. The Morgan fingerprint density at radius 1 is 1.24 bits per heavy atom. The van der Waals surface area contributed by atoms with E-state index in [1.165, 1.54) is 26.5 Å². The molecule has 0 bridgehead atoms. The van der Waals surface area contributed by atoms with Gasteiger partial charge in [0.05, 0.1) is 44.6 Å². The van der Waals surface area contributed by atoms with E-state index >= 15 is 0 Å². The number of ether oxygens (including phenoxy) is 3. The van der Waals surface area contributed by atoms with Crippen molar-refractivity contribution in [2.45, 2.75) is 19.6 Å². The number of carbonyl (C=O) groups is 2. The Morgan fingerprint density at radius 3 is 2.86 bits per heavy atom. The highest BCUT2D eigenvalue weighted by molar-refractivity contribution is 5.79. The van der Waals surface area contributed by atoms with Gasteiger partial charge < -0.3 is 14.2 Å². The summed E-state index contributed by atoms with van der Waals surface area (Å²) < 4.78 is 17.1. The summed E-state index contributed by atoms with van der Waals surface area (Å²) in [7, 11) is 2.83. The van der Waals surface area contributed by atoms with Crippen molar-refractivity contribution < 1.29 is 23.8 Å². The Bertz CT molecular complexity index is 1000. The van der Waals surface area contributed by atoms with Crippen molar-refractivity contribution in [3.63, 3.8) is 0 Å². The molecular formula is C20H20N4O5. The zero-order valence-electron chi connectivity index (χ0n) is 16.1. The predicted octanol–water partition coefficient (Wildman–Crippen LogP) is 2.30. The molecule has 0 radical (unpaired) electrons. The first kappa shape index (κ1) is 20.0. The highest BCUT2D eigenvalue weighted by atomic mass is 16.5. The van der Waals surface area contributed by atoms with Gasteiger partial charge in [0.15, 0.2) is 6.29 Å². The number of hydrogen-bond donors (Lipinski definition) is 0. The molecule has 9 heteroatoms. The number of methoxy groups -OCH3 is 2. The Kier molecular flexibility index (Phi) is 6.51. The van der Waals surface area contributed by atoms with Crippen LogP contribution >= 0.6 is 0 Å². The Hall–Kier alpha value is -3.75. The second kappa shape index (κ2) is 9.45. The lowest BCUT2D eigenvalue weighted by atomic mass is 10.1. The number of rotatable bonds is 9. The lowest BCUT2D eigenvalue weighted by Crippen LogP contribution is -2.07. The molecule has 0 aliphatic carbocycles. The fourth-order valence-corrected chi connectivity index (χ4v) is 2.62. The SMILES string of the molecule is COC(=O)CCn1ccc(-c2ncccc2COc2cnc(OC)cc2C=O)n1. The number of hydrogen-bond acceptors (Lipinski definition) is 8. The quantitative estimate of drug-likeness (QED) is 0.401. The van der Waals surface area contributed by atoms with Gasteiger partial charge >= 0.3 is 5.97 Å². The molecule has 0 N–H and O–H groups in total. The Balaban J connectivity index is 1.76. The average Bonchev–Trinajstić information content (AvgIpc) is 3.24. The van der Waals surface area contributed by atoms with E-state index in [4.69, 9.17) is 9.47 Å². The van der Waals surface area contributed by atoms with Crippen molar-refractivity contribution in [3.05, 3.63) is 54.0 Å². The maximum atomic E-state index is 11.3. The average molecular weight is 396 g/mol. The van der Waals surface area contributed by atoms with E-state index in [0.717, 1.165) is 5.56 Å². The molecule has 0 fully saturated rings. The van der Waals surface area contributed by atoms with Crippen molar-refractivity contribution in [3.8, 4) is 23.0 Å². The fourth-order valence-electron chi connectivity index (χ4n) is 2.62. The van der Waals surface area contributed by atoms with E-state index in [1.807, 2.05) is 12.1 Å². The van der Waals surface area contributed by atoms with Crippen LogP contribution in [0.1, 0.15) is 22.3 Å². The number of aromatic nitrogens is 4. The van der Waals surface area contributed by atoms with Crippen molar-refractivity contribution in [1.82, 2.24) is 19.7 Å². The number of aldehydes is 1. The van der Waals surface area contributed by atoms with Crippen LogP contribution in [0.5, 0.6) is 11.6 Å². The van der Waals surface area contributed by atoms with E-state index in [9.17, 15) is 9.59 Å². The van der Waals surface area contributed by atoms with Crippen LogP contribution in [-0.2, 0) is 22.7 Å². The number of pyridine rings is 2. The van der Waals surface area contributed by atoms with Crippen LogP contribution in [0.4, 0.5) is 0 Å². The normalized spacial score (nSPS) is 10.4. The second-order valence-electron chi connectivity index (χ2n) is 5.97. The van der Waals surface area contributed by atoms with Crippen LogP contribution in [0, 0.1) is 0 Å². The van der Waals surface area contributed by atoms with Crippen LogP contribution in [0.2, 0.25) is 0 Å². The zero-order valence-corrected chi connectivity index (χ0v) is 16.1. The molecule has 3 aromatic heterocycles. The summed E-state index contributed by atoms with van der Waals surface area (Å²) in [4.78, 5) is 31.1. The highest BCUT2D eigenvalue weighted by Crippen LogP contribution is 2.24. The minimum Gasteiger partial charge on any atom is -0.486 e.